The number of aromatic nitrogens is 3. The highest BCUT2D eigenvalue weighted by molar-refractivity contribution is 6.30. The fraction of sp³-hybridized carbons (Fsp3) is 0.190. The molecule has 150 valence electrons. The minimum Gasteiger partial charge on any atom is -0.328 e. The number of nitro groups is 1. The summed E-state index contributed by atoms with van der Waals surface area (Å²) in [5, 5.41) is 20.2. The highest BCUT2D eigenvalue weighted by Crippen LogP contribution is 2.43. The van der Waals surface area contributed by atoms with Crippen molar-refractivity contribution in [3.05, 3.63) is 80.5 Å². The van der Waals surface area contributed by atoms with E-state index in [4.69, 9.17) is 11.6 Å². The zero-order valence-corrected chi connectivity index (χ0v) is 16.5. The molecule has 1 unspecified atom stereocenters. The monoisotopic (exact) mass is 421 g/mol. The molecule has 1 atom stereocenters. The summed E-state index contributed by atoms with van der Waals surface area (Å²) in [4.78, 5) is 28.8. The van der Waals surface area contributed by atoms with E-state index in [1.54, 1.807) is 35.0 Å². The molecule has 9 heteroatoms. The average molecular weight is 422 g/mol. The number of fused-ring (bicyclic) bond motifs is 1. The van der Waals surface area contributed by atoms with E-state index in [0.29, 0.717) is 40.8 Å². The predicted octanol–water partition coefficient (Wildman–Crippen LogP) is 4.53. The van der Waals surface area contributed by atoms with Gasteiger partial charge < -0.3 is 5.32 Å². The van der Waals surface area contributed by atoms with Crippen molar-refractivity contribution in [2.45, 2.75) is 25.3 Å². The van der Waals surface area contributed by atoms with Crippen LogP contribution in [0.3, 0.4) is 0 Å². The number of nitro benzene ring substituents is 1. The molecule has 1 aromatic heterocycles. The highest BCUT2D eigenvalue weighted by Gasteiger charge is 2.39. The average Bonchev–Trinajstić information content (AvgIpc) is 3.16. The number of carbonyl (C=O) groups excluding carboxylic acids is 1. The number of rotatable bonds is 3. The van der Waals surface area contributed by atoms with Crippen LogP contribution in [0.15, 0.2) is 59.8 Å². The van der Waals surface area contributed by atoms with Crippen LogP contribution in [-0.4, -0.2) is 25.5 Å². The molecule has 1 N–H and O–H groups in total. The number of halogens is 1. The van der Waals surface area contributed by atoms with Gasteiger partial charge in [0.15, 0.2) is 11.6 Å². The van der Waals surface area contributed by atoms with Crippen molar-refractivity contribution >= 4 is 29.0 Å². The SMILES string of the molecule is O=C1CCCC2=C1C(c1ccccc1[N+](=O)[O-])n1nc(-c3ccc(Cl)cc3)nc1N2. The summed E-state index contributed by atoms with van der Waals surface area (Å²) in [5.41, 5.74) is 2.41. The Hall–Kier alpha value is -3.52. The molecule has 0 bridgehead atoms. The first kappa shape index (κ1) is 18.5. The van der Waals surface area contributed by atoms with Gasteiger partial charge in [-0.05, 0) is 43.2 Å². The molecule has 0 radical (unpaired) electrons. The molecule has 1 aliphatic heterocycles. The van der Waals surface area contributed by atoms with Gasteiger partial charge in [0.2, 0.25) is 5.95 Å². The van der Waals surface area contributed by atoms with Crippen LogP contribution < -0.4 is 5.32 Å². The summed E-state index contributed by atoms with van der Waals surface area (Å²) in [6.07, 6.45) is 1.82. The van der Waals surface area contributed by atoms with Gasteiger partial charge in [0.25, 0.3) is 5.69 Å². The maximum absolute atomic E-state index is 12.9. The number of hydrogen-bond donors (Lipinski definition) is 1. The molecule has 0 saturated carbocycles. The van der Waals surface area contributed by atoms with Crippen LogP contribution in [0.25, 0.3) is 11.4 Å². The summed E-state index contributed by atoms with van der Waals surface area (Å²) >= 11 is 5.98. The molecular weight excluding hydrogens is 406 g/mol. The Bertz CT molecular complexity index is 1220. The van der Waals surface area contributed by atoms with E-state index in [9.17, 15) is 14.9 Å². The van der Waals surface area contributed by atoms with Gasteiger partial charge in [0.1, 0.15) is 6.04 Å². The fourth-order valence-corrected chi connectivity index (χ4v) is 4.18. The first-order valence-corrected chi connectivity index (χ1v) is 9.90. The lowest BCUT2D eigenvalue weighted by atomic mass is 9.85. The first-order valence-electron chi connectivity index (χ1n) is 9.52. The number of nitrogens with one attached hydrogen (secondary N) is 1. The Morgan fingerprint density at radius 3 is 2.67 bits per heavy atom. The lowest BCUT2D eigenvalue weighted by molar-refractivity contribution is -0.385. The largest absolute Gasteiger partial charge is 0.328 e. The minimum atomic E-state index is -0.709. The van der Waals surface area contributed by atoms with Gasteiger partial charge in [-0.1, -0.05) is 23.7 Å². The quantitative estimate of drug-likeness (QED) is 0.492. The molecule has 2 aliphatic rings. The van der Waals surface area contributed by atoms with E-state index in [-0.39, 0.29) is 11.5 Å². The predicted molar refractivity (Wildman–Crippen MR) is 111 cm³/mol. The third kappa shape index (κ3) is 2.96. The molecule has 0 saturated heterocycles. The summed E-state index contributed by atoms with van der Waals surface area (Å²) < 4.78 is 1.58. The zero-order valence-electron chi connectivity index (χ0n) is 15.7. The lowest BCUT2D eigenvalue weighted by Gasteiger charge is -2.31. The second kappa shape index (κ2) is 7.07. The molecule has 2 heterocycles. The van der Waals surface area contributed by atoms with Crippen molar-refractivity contribution in [1.82, 2.24) is 14.8 Å². The number of allylic oxidation sites excluding steroid dienone is 2. The van der Waals surface area contributed by atoms with Crippen LogP contribution in [0.2, 0.25) is 5.02 Å². The third-order valence-corrected chi connectivity index (χ3v) is 5.65. The smallest absolute Gasteiger partial charge is 0.275 e. The second-order valence-electron chi connectivity index (χ2n) is 7.22. The number of Topliss-reactive ketones (excluding diaryl/α,β-unsaturated/α-hetero) is 1. The molecule has 1 aliphatic carbocycles. The lowest BCUT2D eigenvalue weighted by Crippen LogP contribution is -2.31. The Kier molecular flexibility index (Phi) is 4.36. The molecule has 0 spiro atoms. The van der Waals surface area contributed by atoms with Crippen molar-refractivity contribution in [2.75, 3.05) is 5.32 Å². The number of ketones is 1. The molecule has 2 aromatic carbocycles. The number of hydrogen-bond acceptors (Lipinski definition) is 6. The molecule has 30 heavy (non-hydrogen) atoms. The molecule has 0 fully saturated rings. The van der Waals surface area contributed by atoms with Crippen LogP contribution in [0, 0.1) is 10.1 Å². The van der Waals surface area contributed by atoms with E-state index in [0.717, 1.165) is 17.7 Å². The van der Waals surface area contributed by atoms with E-state index in [1.165, 1.54) is 6.07 Å². The normalized spacial score (nSPS) is 17.9. The van der Waals surface area contributed by atoms with Gasteiger partial charge in [-0.3, -0.25) is 14.9 Å². The van der Waals surface area contributed by atoms with Gasteiger partial charge in [0, 0.05) is 34.3 Å². The van der Waals surface area contributed by atoms with Crippen molar-refractivity contribution < 1.29 is 9.72 Å². The van der Waals surface area contributed by atoms with E-state index in [1.807, 2.05) is 12.1 Å². The standard InChI is InChI=1S/C21H16ClN5O3/c22-13-10-8-12(9-11-13)20-24-21-23-15-5-3-7-17(28)18(15)19(26(21)25-20)14-4-1-2-6-16(14)27(29)30/h1-2,4,6,8-11,19H,3,5,7H2,(H,23,24,25). The highest BCUT2D eigenvalue weighted by atomic mass is 35.5. The summed E-state index contributed by atoms with van der Waals surface area (Å²) in [6, 6.07) is 12.9. The van der Waals surface area contributed by atoms with Gasteiger partial charge in [-0.2, -0.15) is 4.98 Å². The minimum absolute atomic E-state index is 0.0268. The Labute approximate surface area is 176 Å². The zero-order chi connectivity index (χ0) is 20.8. The third-order valence-electron chi connectivity index (χ3n) is 5.40. The molecular formula is C21H16ClN5O3. The maximum Gasteiger partial charge on any atom is 0.275 e. The van der Waals surface area contributed by atoms with Crippen LogP contribution in [0.5, 0.6) is 0 Å². The van der Waals surface area contributed by atoms with Gasteiger partial charge in [-0.15, -0.1) is 5.10 Å². The van der Waals surface area contributed by atoms with Crippen LogP contribution in [0.4, 0.5) is 11.6 Å². The number of nitrogens with zero attached hydrogens (tertiary/aromatic N) is 4. The fourth-order valence-electron chi connectivity index (χ4n) is 4.05. The topological polar surface area (TPSA) is 103 Å². The van der Waals surface area contributed by atoms with E-state index < -0.39 is 11.0 Å². The van der Waals surface area contributed by atoms with Crippen molar-refractivity contribution in [2.24, 2.45) is 0 Å². The summed E-state index contributed by atoms with van der Waals surface area (Å²) in [6.45, 7) is 0. The maximum atomic E-state index is 12.9. The van der Waals surface area contributed by atoms with Gasteiger partial charge >= 0.3 is 0 Å². The number of benzene rings is 2. The molecule has 0 amide bonds. The van der Waals surface area contributed by atoms with Crippen LogP contribution in [-0.2, 0) is 4.79 Å². The van der Waals surface area contributed by atoms with Crippen LogP contribution in [0.1, 0.15) is 30.9 Å². The van der Waals surface area contributed by atoms with E-state index >= 15 is 0 Å². The summed E-state index contributed by atoms with van der Waals surface area (Å²) in [7, 11) is 0. The Morgan fingerprint density at radius 2 is 1.90 bits per heavy atom. The van der Waals surface area contributed by atoms with Gasteiger partial charge in [0.05, 0.1) is 10.5 Å². The first-order chi connectivity index (χ1) is 14.5. The number of anilines is 1. The van der Waals surface area contributed by atoms with Crippen LogP contribution >= 0.6 is 11.6 Å². The number of para-hydroxylation sites is 1. The van der Waals surface area contributed by atoms with Crippen molar-refractivity contribution in [3.8, 4) is 11.4 Å². The molecule has 3 aromatic rings. The summed E-state index contributed by atoms with van der Waals surface area (Å²) in [5.74, 6) is 0.877. The van der Waals surface area contributed by atoms with Crippen molar-refractivity contribution in [1.29, 1.82) is 0 Å². The molecule has 5 rings (SSSR count). The Morgan fingerprint density at radius 1 is 1.13 bits per heavy atom. The second-order valence-corrected chi connectivity index (χ2v) is 7.66. The molecule has 8 nitrogen and oxygen atoms in total. The van der Waals surface area contributed by atoms with Crippen molar-refractivity contribution in [3.63, 3.8) is 0 Å². The van der Waals surface area contributed by atoms with E-state index in [2.05, 4.69) is 15.4 Å². The number of carbonyl (C=O) groups is 1. The van der Waals surface area contributed by atoms with Gasteiger partial charge in [-0.25, -0.2) is 4.68 Å². The Balaban J connectivity index is 1.72.